The van der Waals surface area contributed by atoms with Crippen LogP contribution in [0.1, 0.15) is 30.0 Å². The van der Waals surface area contributed by atoms with Crippen LogP contribution in [0.15, 0.2) is 18.2 Å². The van der Waals surface area contributed by atoms with E-state index >= 15 is 0 Å². The lowest BCUT2D eigenvalue weighted by Crippen LogP contribution is -2.45. The van der Waals surface area contributed by atoms with Crippen LogP contribution in [-0.4, -0.2) is 37.3 Å². The molecule has 0 aliphatic carbocycles. The van der Waals surface area contributed by atoms with Crippen LogP contribution in [0.2, 0.25) is 0 Å². The Morgan fingerprint density at radius 1 is 1.24 bits per heavy atom. The highest BCUT2D eigenvalue weighted by molar-refractivity contribution is 5.29. The van der Waals surface area contributed by atoms with E-state index in [1.54, 1.807) is 6.07 Å². The van der Waals surface area contributed by atoms with Crippen LogP contribution in [0.5, 0.6) is 0 Å². The predicted molar refractivity (Wildman–Crippen MR) is 73.6 cm³/mol. The van der Waals surface area contributed by atoms with Crippen molar-refractivity contribution in [3.8, 4) is 0 Å². The minimum Gasteiger partial charge on any atom is -0.314 e. The van der Waals surface area contributed by atoms with Gasteiger partial charge in [0.25, 0.3) is 0 Å². The average molecular weight is 304 g/mol. The summed E-state index contributed by atoms with van der Waals surface area (Å²) < 4.78 is 51.2. The summed E-state index contributed by atoms with van der Waals surface area (Å²) in [6, 6.07) is 3.97. The molecule has 0 aromatic heterocycles. The SMILES string of the molecule is Cc1ccc(F)cc1[C@@H](CCC(F)(F)F)N1CCNCC1. The van der Waals surface area contributed by atoms with Gasteiger partial charge in [-0.25, -0.2) is 4.39 Å². The molecular formula is C15H20F4N2. The highest BCUT2D eigenvalue weighted by atomic mass is 19.4. The molecule has 1 N–H and O–H groups in total. The summed E-state index contributed by atoms with van der Waals surface area (Å²) in [5, 5.41) is 3.18. The number of aryl methyl sites for hydroxylation is 1. The van der Waals surface area contributed by atoms with Gasteiger partial charge in [-0.05, 0) is 36.6 Å². The van der Waals surface area contributed by atoms with E-state index in [0.717, 1.165) is 18.7 Å². The van der Waals surface area contributed by atoms with Crippen LogP contribution in [0, 0.1) is 12.7 Å². The molecule has 0 unspecified atom stereocenters. The Balaban J connectivity index is 2.23. The molecular weight excluding hydrogens is 284 g/mol. The van der Waals surface area contributed by atoms with E-state index < -0.39 is 18.4 Å². The molecule has 0 radical (unpaired) electrons. The molecule has 1 aliphatic heterocycles. The van der Waals surface area contributed by atoms with Crippen LogP contribution in [0.4, 0.5) is 17.6 Å². The van der Waals surface area contributed by atoms with Crippen molar-refractivity contribution in [1.29, 1.82) is 0 Å². The number of hydrogen-bond donors (Lipinski definition) is 1. The van der Waals surface area contributed by atoms with Crippen molar-refractivity contribution < 1.29 is 17.6 Å². The normalized spacial score (nSPS) is 18.7. The lowest BCUT2D eigenvalue weighted by Gasteiger charge is -2.36. The van der Waals surface area contributed by atoms with Gasteiger partial charge in [-0.2, -0.15) is 13.2 Å². The highest BCUT2D eigenvalue weighted by Gasteiger charge is 2.31. The second-order valence-electron chi connectivity index (χ2n) is 5.46. The maximum absolute atomic E-state index is 13.5. The smallest absolute Gasteiger partial charge is 0.314 e. The van der Waals surface area contributed by atoms with Gasteiger partial charge in [-0.15, -0.1) is 0 Å². The predicted octanol–water partition coefficient (Wildman–Crippen LogP) is 3.42. The first kappa shape index (κ1) is 16.2. The Bertz CT molecular complexity index is 467. The topological polar surface area (TPSA) is 15.3 Å². The molecule has 1 aromatic carbocycles. The van der Waals surface area contributed by atoms with E-state index in [-0.39, 0.29) is 12.5 Å². The molecule has 1 atom stereocenters. The molecule has 0 spiro atoms. The summed E-state index contributed by atoms with van der Waals surface area (Å²) in [5.41, 5.74) is 1.50. The van der Waals surface area contributed by atoms with Crippen LogP contribution < -0.4 is 5.32 Å². The van der Waals surface area contributed by atoms with Gasteiger partial charge in [0.1, 0.15) is 5.82 Å². The number of nitrogens with zero attached hydrogens (tertiary/aromatic N) is 1. The van der Waals surface area contributed by atoms with E-state index in [9.17, 15) is 17.6 Å². The number of alkyl halides is 3. The van der Waals surface area contributed by atoms with Crippen LogP contribution >= 0.6 is 0 Å². The Labute approximate surface area is 122 Å². The van der Waals surface area contributed by atoms with Gasteiger partial charge in [-0.3, -0.25) is 4.90 Å². The van der Waals surface area contributed by atoms with Gasteiger partial charge in [-0.1, -0.05) is 6.07 Å². The fraction of sp³-hybridized carbons (Fsp3) is 0.600. The second-order valence-corrected chi connectivity index (χ2v) is 5.46. The monoisotopic (exact) mass is 304 g/mol. The molecule has 118 valence electrons. The van der Waals surface area contributed by atoms with Crippen LogP contribution in [-0.2, 0) is 0 Å². The lowest BCUT2D eigenvalue weighted by atomic mass is 9.95. The molecule has 6 heteroatoms. The maximum Gasteiger partial charge on any atom is 0.389 e. The molecule has 2 nitrogen and oxygen atoms in total. The molecule has 0 amide bonds. The molecule has 1 fully saturated rings. The van der Waals surface area contributed by atoms with Gasteiger partial charge in [0.15, 0.2) is 0 Å². The van der Waals surface area contributed by atoms with Gasteiger partial charge in [0.05, 0.1) is 0 Å². The standard InChI is InChI=1S/C15H20F4N2/c1-11-2-3-12(16)10-13(11)14(4-5-15(17,18)19)21-8-6-20-7-9-21/h2-3,10,14,20H,4-9H2,1H3/t14-/m1/s1. The molecule has 0 bridgehead atoms. The Morgan fingerprint density at radius 2 is 1.90 bits per heavy atom. The van der Waals surface area contributed by atoms with Crippen LogP contribution in [0.25, 0.3) is 0 Å². The highest BCUT2D eigenvalue weighted by Crippen LogP contribution is 2.33. The zero-order valence-electron chi connectivity index (χ0n) is 12.0. The minimum absolute atomic E-state index is 0.0339. The van der Waals surface area contributed by atoms with Crippen molar-refractivity contribution in [2.24, 2.45) is 0 Å². The summed E-state index contributed by atoms with van der Waals surface area (Å²) in [4.78, 5) is 2.02. The van der Waals surface area contributed by atoms with E-state index in [4.69, 9.17) is 0 Å². The number of rotatable bonds is 4. The molecule has 1 saturated heterocycles. The molecule has 1 aromatic rings. The van der Waals surface area contributed by atoms with E-state index in [2.05, 4.69) is 5.32 Å². The van der Waals surface area contributed by atoms with Crippen LogP contribution in [0.3, 0.4) is 0 Å². The molecule has 1 heterocycles. The Kier molecular flexibility index (Phi) is 5.22. The zero-order valence-corrected chi connectivity index (χ0v) is 12.0. The average Bonchev–Trinajstić information content (AvgIpc) is 2.43. The number of hydrogen-bond acceptors (Lipinski definition) is 2. The maximum atomic E-state index is 13.5. The number of piperazine rings is 1. The first-order valence-corrected chi connectivity index (χ1v) is 7.14. The second kappa shape index (κ2) is 6.75. The van der Waals surface area contributed by atoms with Gasteiger partial charge in [0, 0.05) is 38.6 Å². The first-order valence-electron chi connectivity index (χ1n) is 7.14. The van der Waals surface area contributed by atoms with Gasteiger partial charge in [0.2, 0.25) is 0 Å². The molecule has 21 heavy (non-hydrogen) atoms. The van der Waals surface area contributed by atoms with Gasteiger partial charge >= 0.3 is 6.18 Å². The van der Waals surface area contributed by atoms with Crippen molar-refractivity contribution in [3.63, 3.8) is 0 Å². The van der Waals surface area contributed by atoms with E-state index in [1.165, 1.54) is 12.1 Å². The molecule has 1 aliphatic rings. The molecule has 0 saturated carbocycles. The number of halogens is 4. The summed E-state index contributed by atoms with van der Waals surface area (Å²) in [5.74, 6) is -0.400. The zero-order chi connectivity index (χ0) is 15.5. The van der Waals surface area contributed by atoms with Crippen molar-refractivity contribution in [2.75, 3.05) is 26.2 Å². The fourth-order valence-corrected chi connectivity index (χ4v) is 2.80. The quantitative estimate of drug-likeness (QED) is 0.858. The summed E-state index contributed by atoms with van der Waals surface area (Å²) in [6.07, 6.45) is -5.07. The van der Waals surface area contributed by atoms with Crippen molar-refractivity contribution in [3.05, 3.63) is 35.1 Å². The summed E-state index contributed by atoms with van der Waals surface area (Å²) in [7, 11) is 0. The van der Waals surface area contributed by atoms with E-state index in [1.807, 2.05) is 11.8 Å². The summed E-state index contributed by atoms with van der Waals surface area (Å²) >= 11 is 0. The third-order valence-electron chi connectivity index (χ3n) is 3.89. The number of benzene rings is 1. The molecule has 2 rings (SSSR count). The van der Waals surface area contributed by atoms with E-state index in [0.29, 0.717) is 18.7 Å². The van der Waals surface area contributed by atoms with Crippen molar-refractivity contribution >= 4 is 0 Å². The largest absolute Gasteiger partial charge is 0.389 e. The summed E-state index contributed by atoms with van der Waals surface area (Å²) in [6.45, 7) is 4.67. The van der Waals surface area contributed by atoms with Crippen molar-refractivity contribution in [1.82, 2.24) is 10.2 Å². The van der Waals surface area contributed by atoms with Gasteiger partial charge < -0.3 is 5.32 Å². The fourth-order valence-electron chi connectivity index (χ4n) is 2.80. The van der Waals surface area contributed by atoms with Crippen molar-refractivity contribution in [2.45, 2.75) is 32.0 Å². The lowest BCUT2D eigenvalue weighted by molar-refractivity contribution is -0.138. The Morgan fingerprint density at radius 3 is 2.52 bits per heavy atom. The Hall–Kier alpha value is -1.14. The number of nitrogens with one attached hydrogen (secondary N) is 1. The third-order valence-corrected chi connectivity index (χ3v) is 3.89. The minimum atomic E-state index is -4.19. The third kappa shape index (κ3) is 4.68. The first-order chi connectivity index (χ1) is 9.87.